The van der Waals surface area contributed by atoms with Crippen molar-refractivity contribution >= 4 is 0 Å². The fourth-order valence-electron chi connectivity index (χ4n) is 3.39. The zero-order valence-electron chi connectivity index (χ0n) is 11.8. The van der Waals surface area contributed by atoms with Gasteiger partial charge in [0.15, 0.2) is 0 Å². The second-order valence-corrected chi connectivity index (χ2v) is 5.59. The molecule has 1 heteroatoms. The summed E-state index contributed by atoms with van der Waals surface area (Å²) in [5.41, 5.74) is 0. The first-order valence-electron chi connectivity index (χ1n) is 7.48. The van der Waals surface area contributed by atoms with Gasteiger partial charge in [-0.2, -0.15) is 0 Å². The highest BCUT2D eigenvalue weighted by Gasteiger charge is 2.26. The molecule has 3 atom stereocenters. The van der Waals surface area contributed by atoms with Crippen LogP contribution < -0.4 is 5.32 Å². The van der Waals surface area contributed by atoms with Crippen LogP contribution in [0.15, 0.2) is 0 Å². The van der Waals surface area contributed by atoms with Crippen LogP contribution in [0.2, 0.25) is 0 Å². The van der Waals surface area contributed by atoms with Gasteiger partial charge in [-0.3, -0.25) is 0 Å². The second kappa shape index (κ2) is 7.32. The summed E-state index contributed by atoms with van der Waals surface area (Å²) in [5.74, 6) is 1.80. The van der Waals surface area contributed by atoms with Crippen LogP contribution in [-0.4, -0.2) is 12.1 Å². The van der Waals surface area contributed by atoms with Gasteiger partial charge in [0.05, 0.1) is 0 Å². The summed E-state index contributed by atoms with van der Waals surface area (Å²) in [7, 11) is 0. The minimum absolute atomic E-state index is 0.701. The van der Waals surface area contributed by atoms with Gasteiger partial charge in [0, 0.05) is 12.1 Å². The van der Waals surface area contributed by atoms with Crippen LogP contribution in [0.25, 0.3) is 0 Å². The molecule has 1 N–H and O–H groups in total. The predicted molar refractivity (Wildman–Crippen MR) is 72.7 cm³/mol. The highest BCUT2D eigenvalue weighted by Crippen LogP contribution is 2.28. The van der Waals surface area contributed by atoms with E-state index in [4.69, 9.17) is 0 Å². The lowest BCUT2D eigenvalue weighted by atomic mass is 9.81. The van der Waals surface area contributed by atoms with Gasteiger partial charge >= 0.3 is 0 Å². The van der Waals surface area contributed by atoms with Crippen molar-refractivity contribution in [2.45, 2.75) is 84.7 Å². The van der Waals surface area contributed by atoms with Crippen molar-refractivity contribution in [3.05, 3.63) is 0 Å². The third-order valence-electron chi connectivity index (χ3n) is 4.67. The molecule has 0 aliphatic heterocycles. The Morgan fingerprint density at radius 3 is 2.25 bits per heavy atom. The molecule has 0 amide bonds. The van der Waals surface area contributed by atoms with Crippen LogP contribution in [0.3, 0.4) is 0 Å². The first-order valence-corrected chi connectivity index (χ1v) is 7.48. The van der Waals surface area contributed by atoms with Gasteiger partial charge in [-0.25, -0.2) is 0 Å². The van der Waals surface area contributed by atoms with Crippen LogP contribution in [0, 0.1) is 11.8 Å². The summed E-state index contributed by atoms with van der Waals surface area (Å²) in [4.78, 5) is 0. The smallest absolute Gasteiger partial charge is 0.00978 e. The van der Waals surface area contributed by atoms with E-state index in [9.17, 15) is 0 Å². The van der Waals surface area contributed by atoms with Gasteiger partial charge in [0.2, 0.25) is 0 Å². The summed E-state index contributed by atoms with van der Waals surface area (Å²) in [6, 6.07) is 1.50. The third-order valence-corrected chi connectivity index (χ3v) is 4.67. The minimum atomic E-state index is 0.701. The van der Waals surface area contributed by atoms with E-state index in [0.29, 0.717) is 6.04 Å². The molecule has 1 rings (SSSR count). The minimum Gasteiger partial charge on any atom is -0.311 e. The van der Waals surface area contributed by atoms with Crippen LogP contribution in [0.5, 0.6) is 0 Å². The molecule has 96 valence electrons. The van der Waals surface area contributed by atoms with E-state index in [2.05, 4.69) is 33.0 Å². The lowest BCUT2D eigenvalue weighted by molar-refractivity contribution is 0.213. The maximum atomic E-state index is 3.92. The van der Waals surface area contributed by atoms with Crippen molar-refractivity contribution in [1.82, 2.24) is 5.32 Å². The lowest BCUT2D eigenvalue weighted by Gasteiger charge is -2.36. The summed E-state index contributed by atoms with van der Waals surface area (Å²) in [6.07, 6.45) is 9.72. The van der Waals surface area contributed by atoms with E-state index in [1.165, 1.54) is 44.9 Å². The quantitative estimate of drug-likeness (QED) is 0.708. The Bertz CT molecular complexity index is 174. The zero-order valence-corrected chi connectivity index (χ0v) is 11.8. The lowest BCUT2D eigenvalue weighted by Crippen LogP contribution is -2.45. The Labute approximate surface area is 102 Å². The number of rotatable bonds is 6. The van der Waals surface area contributed by atoms with E-state index in [1.54, 1.807) is 0 Å². The van der Waals surface area contributed by atoms with E-state index in [1.807, 2.05) is 0 Å². The fraction of sp³-hybridized carbons (Fsp3) is 1.00. The molecule has 0 heterocycles. The zero-order chi connectivity index (χ0) is 12.0. The van der Waals surface area contributed by atoms with Gasteiger partial charge in [0.25, 0.3) is 0 Å². The Kier molecular flexibility index (Phi) is 6.41. The van der Waals surface area contributed by atoms with E-state index in [-0.39, 0.29) is 0 Å². The Hall–Kier alpha value is -0.0400. The van der Waals surface area contributed by atoms with Gasteiger partial charge in [-0.1, -0.05) is 52.9 Å². The summed E-state index contributed by atoms with van der Waals surface area (Å²) in [5, 5.41) is 3.92. The SMILES string of the molecule is CCC(CC)C(C)NC1CCCCC1CC. The molecule has 16 heavy (non-hydrogen) atoms. The first-order chi connectivity index (χ1) is 7.72. The predicted octanol–water partition coefficient (Wildman–Crippen LogP) is 4.37. The van der Waals surface area contributed by atoms with E-state index in [0.717, 1.165) is 17.9 Å². The van der Waals surface area contributed by atoms with E-state index >= 15 is 0 Å². The number of nitrogens with one attached hydrogen (secondary N) is 1. The number of hydrogen-bond acceptors (Lipinski definition) is 1. The van der Waals surface area contributed by atoms with Crippen molar-refractivity contribution in [3.8, 4) is 0 Å². The van der Waals surface area contributed by atoms with Crippen LogP contribution in [0.4, 0.5) is 0 Å². The third kappa shape index (κ3) is 3.76. The molecule has 1 saturated carbocycles. The van der Waals surface area contributed by atoms with Crippen LogP contribution in [-0.2, 0) is 0 Å². The van der Waals surface area contributed by atoms with Gasteiger partial charge in [-0.05, 0) is 31.6 Å². The highest BCUT2D eigenvalue weighted by molar-refractivity contribution is 4.83. The summed E-state index contributed by atoms with van der Waals surface area (Å²) >= 11 is 0. The molecule has 1 fully saturated rings. The Morgan fingerprint density at radius 1 is 1.06 bits per heavy atom. The molecule has 3 unspecified atom stereocenters. The average molecular weight is 225 g/mol. The molecule has 0 aromatic carbocycles. The highest BCUT2D eigenvalue weighted by atomic mass is 15.0. The summed E-state index contributed by atoms with van der Waals surface area (Å²) < 4.78 is 0. The molecule has 1 aliphatic carbocycles. The first kappa shape index (κ1) is 14.0. The largest absolute Gasteiger partial charge is 0.311 e. The fourth-order valence-corrected chi connectivity index (χ4v) is 3.39. The second-order valence-electron chi connectivity index (χ2n) is 5.59. The molecule has 1 aliphatic rings. The van der Waals surface area contributed by atoms with Crippen molar-refractivity contribution in [2.24, 2.45) is 11.8 Å². The molecule has 0 saturated heterocycles. The van der Waals surface area contributed by atoms with Crippen molar-refractivity contribution < 1.29 is 0 Å². The maximum absolute atomic E-state index is 3.92. The molecule has 0 bridgehead atoms. The van der Waals surface area contributed by atoms with Gasteiger partial charge < -0.3 is 5.32 Å². The maximum Gasteiger partial charge on any atom is 0.00978 e. The molecule has 0 aromatic rings. The van der Waals surface area contributed by atoms with Crippen LogP contribution in [0.1, 0.15) is 72.6 Å². The molecular weight excluding hydrogens is 194 g/mol. The molecule has 0 aromatic heterocycles. The Morgan fingerprint density at radius 2 is 1.69 bits per heavy atom. The van der Waals surface area contributed by atoms with Crippen molar-refractivity contribution in [2.75, 3.05) is 0 Å². The molecule has 0 spiro atoms. The molecular formula is C15H31N. The normalized spacial score (nSPS) is 28.3. The van der Waals surface area contributed by atoms with Gasteiger partial charge in [-0.15, -0.1) is 0 Å². The van der Waals surface area contributed by atoms with Gasteiger partial charge in [0.1, 0.15) is 0 Å². The standard InChI is InChI=1S/C15H31N/c1-5-13(6-2)12(4)16-15-11-9-8-10-14(15)7-3/h12-16H,5-11H2,1-4H3. The number of hydrogen-bond donors (Lipinski definition) is 1. The average Bonchev–Trinajstić information content (AvgIpc) is 2.31. The molecule has 0 radical (unpaired) electrons. The Balaban J connectivity index is 2.43. The van der Waals surface area contributed by atoms with E-state index < -0.39 is 0 Å². The summed E-state index contributed by atoms with van der Waals surface area (Å²) in [6.45, 7) is 9.39. The van der Waals surface area contributed by atoms with Crippen LogP contribution >= 0.6 is 0 Å². The van der Waals surface area contributed by atoms with Crippen molar-refractivity contribution in [1.29, 1.82) is 0 Å². The monoisotopic (exact) mass is 225 g/mol. The molecule has 1 nitrogen and oxygen atoms in total. The topological polar surface area (TPSA) is 12.0 Å². The van der Waals surface area contributed by atoms with Crippen molar-refractivity contribution in [3.63, 3.8) is 0 Å².